The third kappa shape index (κ3) is 13.2. The fourth-order valence-corrected chi connectivity index (χ4v) is 6.91. The molecular formula is C34H59N5O6. The molecule has 256 valence electrons. The highest BCUT2D eigenvalue weighted by molar-refractivity contribution is 5.94. The van der Waals surface area contributed by atoms with Gasteiger partial charge in [-0.15, -0.1) is 0 Å². The normalized spacial score (nSPS) is 24.1. The number of alkyl carbamates (subject to hydrolysis) is 1. The molecule has 5 atom stereocenters. The molecule has 0 aromatic rings. The maximum atomic E-state index is 13.4. The third-order valence-corrected chi connectivity index (χ3v) is 9.48. The molecule has 3 fully saturated rings. The molecule has 3 aliphatic rings. The van der Waals surface area contributed by atoms with E-state index in [-0.39, 0.29) is 42.1 Å². The Morgan fingerprint density at radius 3 is 2.22 bits per heavy atom. The number of amides is 5. The van der Waals surface area contributed by atoms with Crippen molar-refractivity contribution in [2.75, 3.05) is 13.1 Å². The van der Waals surface area contributed by atoms with Crippen molar-refractivity contribution in [3.05, 3.63) is 0 Å². The Kier molecular flexibility index (Phi) is 14.4. The minimum absolute atomic E-state index is 0.0183. The highest BCUT2D eigenvalue weighted by Gasteiger charge is 2.32. The lowest BCUT2D eigenvalue weighted by atomic mass is 9.85. The summed E-state index contributed by atoms with van der Waals surface area (Å²) in [4.78, 5) is 66.6. The predicted octanol–water partition coefficient (Wildman–Crippen LogP) is 4.33. The summed E-state index contributed by atoms with van der Waals surface area (Å²) in [5, 5.41) is 11.5. The van der Waals surface area contributed by atoms with Gasteiger partial charge in [0.1, 0.15) is 17.7 Å². The summed E-state index contributed by atoms with van der Waals surface area (Å²) in [6, 6.07) is -1.81. The molecule has 1 aliphatic heterocycles. The average Bonchev–Trinajstić information content (AvgIpc) is 2.98. The smallest absolute Gasteiger partial charge is 0.407 e. The number of hydrogen-bond acceptors (Lipinski definition) is 6. The van der Waals surface area contributed by atoms with Gasteiger partial charge in [-0.05, 0) is 91.4 Å². The fourth-order valence-electron chi connectivity index (χ4n) is 6.91. The van der Waals surface area contributed by atoms with Crippen molar-refractivity contribution in [3.8, 4) is 0 Å². The van der Waals surface area contributed by atoms with Gasteiger partial charge < -0.3 is 30.9 Å². The first kappa shape index (κ1) is 36.6. The zero-order chi connectivity index (χ0) is 33.0. The highest BCUT2D eigenvalue weighted by atomic mass is 16.6. The van der Waals surface area contributed by atoms with E-state index < -0.39 is 29.7 Å². The topological polar surface area (TPSA) is 146 Å². The van der Waals surface area contributed by atoms with Gasteiger partial charge in [-0.1, -0.05) is 38.5 Å². The fraction of sp³-hybridized carbons (Fsp3) is 0.853. The van der Waals surface area contributed by atoms with Crippen LogP contribution < -0.4 is 21.3 Å². The lowest BCUT2D eigenvalue weighted by Gasteiger charge is -2.34. The van der Waals surface area contributed by atoms with E-state index in [0.717, 1.165) is 64.2 Å². The summed E-state index contributed by atoms with van der Waals surface area (Å²) in [6.45, 7) is 10.2. The van der Waals surface area contributed by atoms with Crippen LogP contribution in [0.1, 0.15) is 131 Å². The van der Waals surface area contributed by atoms with Gasteiger partial charge in [-0.3, -0.25) is 19.2 Å². The Morgan fingerprint density at radius 2 is 1.53 bits per heavy atom. The van der Waals surface area contributed by atoms with Gasteiger partial charge >= 0.3 is 6.09 Å². The number of nitrogens with zero attached hydrogens (tertiary/aromatic N) is 1. The lowest BCUT2D eigenvalue weighted by Crippen LogP contribution is -2.55. The Bertz CT molecular complexity index is 1010. The average molecular weight is 634 g/mol. The van der Waals surface area contributed by atoms with Gasteiger partial charge in [0.2, 0.25) is 23.6 Å². The number of carbonyl (C=O) groups is 5. The Hall–Kier alpha value is -2.85. The van der Waals surface area contributed by atoms with Crippen molar-refractivity contribution in [2.24, 2.45) is 11.8 Å². The van der Waals surface area contributed by atoms with E-state index in [1.165, 1.54) is 19.3 Å². The quantitative estimate of drug-likeness (QED) is 0.252. The van der Waals surface area contributed by atoms with E-state index in [2.05, 4.69) is 21.3 Å². The predicted molar refractivity (Wildman–Crippen MR) is 173 cm³/mol. The number of hydrogen-bond donors (Lipinski definition) is 4. The largest absolute Gasteiger partial charge is 0.444 e. The number of likely N-dealkylation sites (tertiary alicyclic amines) is 1. The molecule has 4 N–H and O–H groups in total. The van der Waals surface area contributed by atoms with Crippen LogP contribution in [0.2, 0.25) is 0 Å². The molecule has 0 radical (unpaired) electrons. The van der Waals surface area contributed by atoms with Crippen molar-refractivity contribution in [3.63, 3.8) is 0 Å². The molecule has 0 bridgehead atoms. The zero-order valence-electron chi connectivity index (χ0n) is 28.4. The molecule has 1 saturated heterocycles. The van der Waals surface area contributed by atoms with Gasteiger partial charge in [0.15, 0.2) is 0 Å². The Morgan fingerprint density at radius 1 is 0.844 bits per heavy atom. The van der Waals surface area contributed by atoms with Crippen LogP contribution in [0.15, 0.2) is 0 Å². The first-order valence-corrected chi connectivity index (χ1v) is 17.5. The summed E-state index contributed by atoms with van der Waals surface area (Å²) < 4.78 is 5.38. The lowest BCUT2D eigenvalue weighted by molar-refractivity contribution is -0.139. The molecule has 0 aromatic heterocycles. The first-order chi connectivity index (χ1) is 21.3. The summed E-state index contributed by atoms with van der Waals surface area (Å²) in [5.41, 5.74) is -0.567. The SMILES string of the molecule is C[C@H](NC(=O)[C@H](CC(=O)N1CCCC[C@@H]1C)NC(=O)CCC1CCCCC1)C(=O)NCC1CCCC(NC(=O)OC(C)(C)C)C1. The monoisotopic (exact) mass is 633 g/mol. The molecule has 2 aliphatic carbocycles. The Labute approximate surface area is 270 Å². The summed E-state index contributed by atoms with van der Waals surface area (Å²) in [7, 11) is 0. The standard InChI is InChI=1S/C34H59N5O6/c1-23-12-9-10-19-39(23)30(41)21-28(38-29(40)18-17-25-13-7-6-8-14-25)32(43)36-24(2)31(42)35-22-26-15-11-16-27(20-26)37-33(44)45-34(3,4)5/h23-28H,6-22H2,1-5H3,(H,35,42)(H,36,43)(H,37,44)(H,38,40)/t23-,24-,26?,27?,28-/m0/s1. The van der Waals surface area contributed by atoms with Crippen LogP contribution in [-0.2, 0) is 23.9 Å². The van der Waals surface area contributed by atoms with E-state index >= 15 is 0 Å². The second kappa shape index (κ2) is 17.7. The van der Waals surface area contributed by atoms with Crippen LogP contribution in [0.25, 0.3) is 0 Å². The number of rotatable bonds is 12. The molecule has 1 heterocycles. The molecule has 0 aromatic carbocycles. The molecule has 11 heteroatoms. The first-order valence-electron chi connectivity index (χ1n) is 17.5. The molecule has 3 rings (SSSR count). The number of ether oxygens (including phenoxy) is 1. The Balaban J connectivity index is 1.51. The van der Waals surface area contributed by atoms with Crippen LogP contribution in [-0.4, -0.2) is 77.5 Å². The molecule has 2 unspecified atom stereocenters. The third-order valence-electron chi connectivity index (χ3n) is 9.48. The van der Waals surface area contributed by atoms with Crippen molar-refractivity contribution in [1.29, 1.82) is 0 Å². The van der Waals surface area contributed by atoms with Crippen LogP contribution in [0.5, 0.6) is 0 Å². The van der Waals surface area contributed by atoms with E-state index in [1.807, 2.05) is 32.6 Å². The van der Waals surface area contributed by atoms with Crippen LogP contribution in [0.4, 0.5) is 4.79 Å². The van der Waals surface area contributed by atoms with Gasteiger partial charge in [0, 0.05) is 31.6 Å². The molecule has 5 amide bonds. The summed E-state index contributed by atoms with van der Waals surface area (Å²) >= 11 is 0. The minimum atomic E-state index is -1.04. The van der Waals surface area contributed by atoms with Gasteiger partial charge in [0.05, 0.1) is 6.42 Å². The van der Waals surface area contributed by atoms with Gasteiger partial charge in [-0.2, -0.15) is 0 Å². The summed E-state index contributed by atoms with van der Waals surface area (Å²) in [5.74, 6) is -0.525. The van der Waals surface area contributed by atoms with Crippen molar-refractivity contribution < 1.29 is 28.7 Å². The van der Waals surface area contributed by atoms with E-state index in [1.54, 1.807) is 6.92 Å². The molecule has 2 saturated carbocycles. The number of carbonyl (C=O) groups excluding carboxylic acids is 5. The van der Waals surface area contributed by atoms with E-state index in [4.69, 9.17) is 4.74 Å². The molecular weight excluding hydrogens is 574 g/mol. The summed E-state index contributed by atoms with van der Waals surface area (Å²) in [6.07, 6.45) is 12.8. The molecule has 0 spiro atoms. The van der Waals surface area contributed by atoms with Crippen molar-refractivity contribution in [2.45, 2.75) is 161 Å². The van der Waals surface area contributed by atoms with E-state index in [9.17, 15) is 24.0 Å². The maximum absolute atomic E-state index is 13.4. The van der Waals surface area contributed by atoms with Crippen LogP contribution in [0.3, 0.4) is 0 Å². The maximum Gasteiger partial charge on any atom is 0.407 e. The minimum Gasteiger partial charge on any atom is -0.444 e. The van der Waals surface area contributed by atoms with Crippen molar-refractivity contribution >= 4 is 29.7 Å². The van der Waals surface area contributed by atoms with E-state index in [0.29, 0.717) is 25.4 Å². The molecule has 45 heavy (non-hydrogen) atoms. The highest BCUT2D eigenvalue weighted by Crippen LogP contribution is 2.27. The second-order valence-electron chi connectivity index (χ2n) is 14.7. The molecule has 11 nitrogen and oxygen atoms in total. The number of nitrogens with one attached hydrogen (secondary N) is 4. The van der Waals surface area contributed by atoms with Gasteiger partial charge in [-0.25, -0.2) is 4.79 Å². The van der Waals surface area contributed by atoms with Crippen LogP contribution >= 0.6 is 0 Å². The second-order valence-corrected chi connectivity index (χ2v) is 14.7. The number of piperidine rings is 1. The van der Waals surface area contributed by atoms with Crippen molar-refractivity contribution in [1.82, 2.24) is 26.2 Å². The van der Waals surface area contributed by atoms with Gasteiger partial charge in [0.25, 0.3) is 0 Å². The zero-order valence-corrected chi connectivity index (χ0v) is 28.4. The van der Waals surface area contributed by atoms with Crippen LogP contribution in [0, 0.1) is 11.8 Å².